The summed E-state index contributed by atoms with van der Waals surface area (Å²) in [6, 6.07) is 3.55. The first-order valence-electron chi connectivity index (χ1n) is 7.95. The van der Waals surface area contributed by atoms with Crippen LogP contribution in [0.15, 0.2) is 23.6 Å². The van der Waals surface area contributed by atoms with Crippen LogP contribution in [0.3, 0.4) is 0 Å². The van der Waals surface area contributed by atoms with Crippen LogP contribution in [-0.2, 0) is 20.8 Å². The molecule has 0 radical (unpaired) electrons. The summed E-state index contributed by atoms with van der Waals surface area (Å²) >= 11 is 0.999. The third-order valence-electron chi connectivity index (χ3n) is 3.07. The van der Waals surface area contributed by atoms with Gasteiger partial charge >= 0.3 is 17.8 Å². The molecule has 0 aliphatic carbocycles. The second-order valence-corrected chi connectivity index (χ2v) is 6.83. The molecule has 2 amide bonds. The third-order valence-corrected chi connectivity index (χ3v) is 3.88. The Hall–Kier alpha value is -3.01. The number of amides is 2. The molecule has 1 aromatic carbocycles. The van der Waals surface area contributed by atoms with Crippen LogP contribution in [0.2, 0.25) is 0 Å². The molecule has 8 nitrogen and oxygen atoms in total. The molecular weight excluding hydrogens is 377 g/mol. The van der Waals surface area contributed by atoms with Gasteiger partial charge in [-0.2, -0.15) is 0 Å². The number of hydrogen-bond donors (Lipinski definition) is 3. The van der Waals surface area contributed by atoms with Crippen molar-refractivity contribution >= 4 is 39.9 Å². The Labute approximate surface area is 158 Å². The molecule has 1 heterocycles. The molecule has 27 heavy (non-hydrogen) atoms. The minimum absolute atomic E-state index is 0.0989. The zero-order chi connectivity index (χ0) is 20.0. The zero-order valence-electron chi connectivity index (χ0n) is 14.6. The molecular formula is C17H18FN3O5S. The van der Waals surface area contributed by atoms with Gasteiger partial charge in [0.25, 0.3) is 0 Å². The van der Waals surface area contributed by atoms with E-state index in [4.69, 9.17) is 9.84 Å². The summed E-state index contributed by atoms with van der Waals surface area (Å²) in [6.07, 6.45) is -0.287. The number of thiazole rings is 1. The monoisotopic (exact) mass is 395 g/mol. The fourth-order valence-corrected chi connectivity index (χ4v) is 2.61. The summed E-state index contributed by atoms with van der Waals surface area (Å²) in [4.78, 5) is 38.6. The van der Waals surface area contributed by atoms with Crippen molar-refractivity contribution in [1.29, 1.82) is 0 Å². The van der Waals surface area contributed by atoms with E-state index < -0.39 is 23.6 Å². The van der Waals surface area contributed by atoms with Crippen LogP contribution in [0, 0.1) is 11.7 Å². The Morgan fingerprint density at radius 3 is 2.63 bits per heavy atom. The van der Waals surface area contributed by atoms with Crippen LogP contribution in [0.5, 0.6) is 5.75 Å². The van der Waals surface area contributed by atoms with Gasteiger partial charge < -0.3 is 15.2 Å². The summed E-state index contributed by atoms with van der Waals surface area (Å²) < 4.78 is 18.9. The molecule has 0 aliphatic heterocycles. The quantitative estimate of drug-likeness (QED) is 0.620. The normalized spacial score (nSPS) is 10.5. The number of carboxylic acid groups (broad SMARTS) is 1. The van der Waals surface area contributed by atoms with E-state index in [0.29, 0.717) is 6.61 Å². The first-order chi connectivity index (χ1) is 12.7. The van der Waals surface area contributed by atoms with E-state index in [9.17, 15) is 18.8 Å². The second kappa shape index (κ2) is 9.08. The first-order valence-corrected chi connectivity index (χ1v) is 8.83. The van der Waals surface area contributed by atoms with E-state index in [1.165, 1.54) is 11.4 Å². The van der Waals surface area contributed by atoms with Crippen LogP contribution in [0.25, 0.3) is 0 Å². The molecule has 0 aliphatic rings. The molecule has 0 bridgehead atoms. The molecule has 144 valence electrons. The number of halogens is 1. The van der Waals surface area contributed by atoms with E-state index in [1.54, 1.807) is 0 Å². The van der Waals surface area contributed by atoms with Crippen LogP contribution in [0.1, 0.15) is 19.5 Å². The number of carbonyl (C=O) groups excluding carboxylic acids is 2. The Morgan fingerprint density at radius 1 is 1.26 bits per heavy atom. The van der Waals surface area contributed by atoms with Gasteiger partial charge in [0, 0.05) is 11.4 Å². The third kappa shape index (κ3) is 6.33. The Balaban J connectivity index is 2.02. The molecule has 0 saturated heterocycles. The Bertz CT molecular complexity index is 853. The SMILES string of the molecule is CC(C)COc1cc(F)ccc1NC(=O)C(=O)Nc1nc(CC(=O)O)cs1. The fourth-order valence-electron chi connectivity index (χ4n) is 1.91. The molecule has 0 fully saturated rings. The lowest BCUT2D eigenvalue weighted by molar-refractivity contribution is -0.136. The molecule has 2 rings (SSSR count). The number of nitrogens with one attached hydrogen (secondary N) is 2. The number of anilines is 2. The number of ether oxygens (including phenoxy) is 1. The average molecular weight is 395 g/mol. The molecule has 3 N–H and O–H groups in total. The summed E-state index contributed by atoms with van der Waals surface area (Å²) in [5, 5.41) is 14.9. The largest absolute Gasteiger partial charge is 0.491 e. The summed E-state index contributed by atoms with van der Waals surface area (Å²) in [7, 11) is 0. The number of rotatable bonds is 7. The number of benzene rings is 1. The second-order valence-electron chi connectivity index (χ2n) is 5.97. The van der Waals surface area contributed by atoms with E-state index in [2.05, 4.69) is 15.6 Å². The fraction of sp³-hybridized carbons (Fsp3) is 0.294. The number of carboxylic acids is 1. The lowest BCUT2D eigenvalue weighted by Crippen LogP contribution is -2.29. The number of aliphatic carboxylic acids is 1. The topological polar surface area (TPSA) is 118 Å². The number of aromatic nitrogens is 1. The summed E-state index contributed by atoms with van der Waals surface area (Å²) in [5.74, 6) is -3.28. The van der Waals surface area contributed by atoms with Crippen molar-refractivity contribution in [2.75, 3.05) is 17.2 Å². The molecule has 1 aromatic heterocycles. The number of carbonyl (C=O) groups is 3. The van der Waals surface area contributed by atoms with Crippen LogP contribution >= 0.6 is 11.3 Å². The van der Waals surface area contributed by atoms with Gasteiger partial charge in [0.1, 0.15) is 11.6 Å². The van der Waals surface area contributed by atoms with Gasteiger partial charge in [-0.1, -0.05) is 13.8 Å². The molecule has 0 unspecified atom stereocenters. The van der Waals surface area contributed by atoms with Crippen molar-refractivity contribution in [2.45, 2.75) is 20.3 Å². The maximum Gasteiger partial charge on any atom is 0.315 e. The van der Waals surface area contributed by atoms with Gasteiger partial charge in [-0.15, -0.1) is 11.3 Å². The van der Waals surface area contributed by atoms with Crippen LogP contribution in [0.4, 0.5) is 15.2 Å². The Morgan fingerprint density at radius 2 is 1.96 bits per heavy atom. The highest BCUT2D eigenvalue weighted by Crippen LogP contribution is 2.26. The average Bonchev–Trinajstić information content (AvgIpc) is 3.00. The van der Waals surface area contributed by atoms with Gasteiger partial charge in [-0.3, -0.25) is 19.7 Å². The lowest BCUT2D eigenvalue weighted by atomic mass is 10.2. The van der Waals surface area contributed by atoms with Crippen LogP contribution < -0.4 is 15.4 Å². The zero-order valence-corrected chi connectivity index (χ0v) is 15.4. The predicted octanol–water partition coefficient (Wildman–Crippen LogP) is 2.52. The molecule has 0 saturated carbocycles. The van der Waals surface area contributed by atoms with Gasteiger partial charge in [0.15, 0.2) is 5.13 Å². The summed E-state index contributed by atoms with van der Waals surface area (Å²) in [5.41, 5.74) is 0.425. The smallest absolute Gasteiger partial charge is 0.315 e. The predicted molar refractivity (Wildman–Crippen MR) is 97.4 cm³/mol. The van der Waals surface area contributed by atoms with Crippen molar-refractivity contribution in [3.8, 4) is 5.75 Å². The van der Waals surface area contributed by atoms with Gasteiger partial charge in [-0.05, 0) is 18.1 Å². The Kier molecular flexibility index (Phi) is 6.83. The van der Waals surface area contributed by atoms with Crippen LogP contribution in [-0.4, -0.2) is 34.5 Å². The van der Waals surface area contributed by atoms with Gasteiger partial charge in [0.2, 0.25) is 0 Å². The minimum Gasteiger partial charge on any atom is -0.491 e. The highest BCUT2D eigenvalue weighted by molar-refractivity contribution is 7.14. The van der Waals surface area contributed by atoms with Crippen molar-refractivity contribution in [2.24, 2.45) is 5.92 Å². The molecule has 0 atom stereocenters. The van der Waals surface area contributed by atoms with Crippen molar-refractivity contribution in [1.82, 2.24) is 4.98 Å². The molecule has 10 heteroatoms. The molecule has 2 aromatic rings. The maximum absolute atomic E-state index is 13.4. The van der Waals surface area contributed by atoms with Gasteiger partial charge in [0.05, 0.1) is 24.4 Å². The highest BCUT2D eigenvalue weighted by Gasteiger charge is 2.18. The lowest BCUT2D eigenvalue weighted by Gasteiger charge is -2.13. The minimum atomic E-state index is -1.05. The number of nitrogens with zero attached hydrogens (tertiary/aromatic N) is 1. The number of hydrogen-bond acceptors (Lipinski definition) is 6. The van der Waals surface area contributed by atoms with Gasteiger partial charge in [-0.25, -0.2) is 9.37 Å². The van der Waals surface area contributed by atoms with E-state index in [1.807, 2.05) is 13.8 Å². The summed E-state index contributed by atoms with van der Waals surface area (Å²) in [6.45, 7) is 4.14. The first kappa shape index (κ1) is 20.3. The van der Waals surface area contributed by atoms with Crippen molar-refractivity contribution in [3.63, 3.8) is 0 Å². The van der Waals surface area contributed by atoms with E-state index in [0.717, 1.165) is 23.5 Å². The van der Waals surface area contributed by atoms with E-state index >= 15 is 0 Å². The van der Waals surface area contributed by atoms with Crippen molar-refractivity contribution in [3.05, 3.63) is 35.1 Å². The maximum atomic E-state index is 13.4. The standard InChI is InChI=1S/C17H18FN3O5S/c1-9(2)7-26-13-5-10(18)3-4-12(13)20-15(24)16(25)21-17-19-11(8-27-17)6-14(22)23/h3-5,8-9H,6-7H2,1-2H3,(H,20,24)(H,22,23)(H,19,21,25). The van der Waals surface area contributed by atoms with Crippen molar-refractivity contribution < 1.29 is 28.6 Å². The van der Waals surface area contributed by atoms with E-state index in [-0.39, 0.29) is 34.6 Å². The molecule has 0 spiro atoms. The highest BCUT2D eigenvalue weighted by atomic mass is 32.1.